The first kappa shape index (κ1) is 26.7. The molecular weight excluding hydrogens is 454 g/mol. The van der Waals surface area contributed by atoms with Crippen LogP contribution in [0.1, 0.15) is 40.5 Å². The standard InChI is InChI=1S/C20H29N5O9/c1-6-7-8-21-20-23-17(14(24-30)19(29)25(20)5)22-18-16(34-12(4)28)15(33-11(3)27)13(9-31-18)32-10(2)26/h13,15-16,18,22H,6-9H2,1-5H3,(H,21,23)/t13-,15+,16-,18-/m1/s1. The average molecular weight is 483 g/mol. The molecule has 2 N–H and O–H groups in total. The van der Waals surface area contributed by atoms with Gasteiger partial charge in [-0.1, -0.05) is 13.3 Å². The van der Waals surface area contributed by atoms with Crippen molar-refractivity contribution in [3.8, 4) is 0 Å². The fourth-order valence-corrected chi connectivity index (χ4v) is 3.31. The number of hydrogen-bond acceptors (Lipinski definition) is 13. The summed E-state index contributed by atoms with van der Waals surface area (Å²) in [6.07, 6.45) is -3.15. The monoisotopic (exact) mass is 483 g/mol. The van der Waals surface area contributed by atoms with Crippen molar-refractivity contribution in [1.82, 2.24) is 9.55 Å². The topological polar surface area (TPSA) is 177 Å². The van der Waals surface area contributed by atoms with Crippen molar-refractivity contribution >= 4 is 35.4 Å². The maximum absolute atomic E-state index is 12.7. The van der Waals surface area contributed by atoms with E-state index in [1.165, 1.54) is 7.05 Å². The summed E-state index contributed by atoms with van der Waals surface area (Å²) in [6.45, 7) is 5.70. The van der Waals surface area contributed by atoms with E-state index in [0.29, 0.717) is 6.54 Å². The molecular formula is C20H29N5O9. The quantitative estimate of drug-likeness (QED) is 0.209. The summed E-state index contributed by atoms with van der Waals surface area (Å²) in [4.78, 5) is 63.4. The van der Waals surface area contributed by atoms with Crippen LogP contribution >= 0.6 is 0 Å². The van der Waals surface area contributed by atoms with Crippen LogP contribution in [-0.2, 0) is 40.4 Å². The second kappa shape index (κ2) is 12.1. The first-order chi connectivity index (χ1) is 16.1. The van der Waals surface area contributed by atoms with Crippen LogP contribution in [0, 0.1) is 4.91 Å². The normalized spacial score (nSPS) is 21.8. The zero-order valence-electron chi connectivity index (χ0n) is 19.7. The molecule has 34 heavy (non-hydrogen) atoms. The molecule has 1 aromatic heterocycles. The summed E-state index contributed by atoms with van der Waals surface area (Å²) in [5, 5.41) is 8.54. The lowest BCUT2D eigenvalue weighted by molar-refractivity contribution is -0.221. The molecule has 0 aromatic carbocycles. The van der Waals surface area contributed by atoms with Crippen LogP contribution in [0.4, 0.5) is 17.5 Å². The van der Waals surface area contributed by atoms with Gasteiger partial charge in [0.1, 0.15) is 0 Å². The van der Waals surface area contributed by atoms with E-state index in [0.717, 1.165) is 38.2 Å². The Morgan fingerprint density at radius 2 is 1.74 bits per heavy atom. The molecule has 2 rings (SSSR count). The number of carbonyl (C=O) groups is 3. The summed E-state index contributed by atoms with van der Waals surface area (Å²) in [6, 6.07) is 0. The van der Waals surface area contributed by atoms with Gasteiger partial charge in [-0.15, -0.1) is 4.91 Å². The number of rotatable bonds is 10. The van der Waals surface area contributed by atoms with Crippen molar-refractivity contribution in [3.05, 3.63) is 15.3 Å². The number of esters is 3. The molecule has 1 aliphatic rings. The largest absolute Gasteiger partial charge is 0.456 e. The second-order valence-electron chi connectivity index (χ2n) is 7.56. The van der Waals surface area contributed by atoms with Gasteiger partial charge < -0.3 is 29.6 Å². The SMILES string of the molecule is CCCCNc1nc(N[C@@H]2OC[C@@H](OC(C)=O)[C@H](OC(C)=O)[C@H]2OC(C)=O)c(N=O)c(=O)n1C. The van der Waals surface area contributed by atoms with Crippen LogP contribution in [0.3, 0.4) is 0 Å². The summed E-state index contributed by atoms with van der Waals surface area (Å²) in [7, 11) is 1.43. The summed E-state index contributed by atoms with van der Waals surface area (Å²) in [5.41, 5.74) is -1.25. The van der Waals surface area contributed by atoms with E-state index in [4.69, 9.17) is 18.9 Å². The van der Waals surface area contributed by atoms with Gasteiger partial charge in [0.2, 0.25) is 11.6 Å². The van der Waals surface area contributed by atoms with Crippen molar-refractivity contribution in [3.63, 3.8) is 0 Å². The third-order valence-electron chi connectivity index (χ3n) is 4.80. The van der Waals surface area contributed by atoms with Crippen LogP contribution in [0.25, 0.3) is 0 Å². The molecule has 14 heteroatoms. The van der Waals surface area contributed by atoms with Crippen LogP contribution in [0.2, 0.25) is 0 Å². The number of nitrogens with one attached hydrogen (secondary N) is 2. The Morgan fingerprint density at radius 1 is 1.12 bits per heavy atom. The van der Waals surface area contributed by atoms with Gasteiger partial charge in [0.25, 0.3) is 5.56 Å². The minimum absolute atomic E-state index is 0.169. The minimum Gasteiger partial charge on any atom is -0.456 e. The summed E-state index contributed by atoms with van der Waals surface area (Å²) >= 11 is 0. The zero-order chi connectivity index (χ0) is 25.4. The molecule has 0 unspecified atom stereocenters. The lowest BCUT2D eigenvalue weighted by atomic mass is 10.0. The third-order valence-corrected chi connectivity index (χ3v) is 4.80. The lowest BCUT2D eigenvalue weighted by Gasteiger charge is -2.40. The Balaban J connectivity index is 2.45. The number of unbranched alkanes of at least 4 members (excludes halogenated alkanes) is 1. The molecule has 0 spiro atoms. The van der Waals surface area contributed by atoms with Gasteiger partial charge in [-0.05, 0) is 11.6 Å². The first-order valence-electron chi connectivity index (χ1n) is 10.7. The van der Waals surface area contributed by atoms with E-state index in [9.17, 15) is 24.1 Å². The molecule has 1 aromatic rings. The second-order valence-corrected chi connectivity index (χ2v) is 7.56. The Kier molecular flexibility index (Phi) is 9.47. The van der Waals surface area contributed by atoms with E-state index in [-0.39, 0.29) is 18.4 Å². The van der Waals surface area contributed by atoms with Crippen LogP contribution in [-0.4, -0.2) is 65.2 Å². The maximum atomic E-state index is 12.7. The van der Waals surface area contributed by atoms with E-state index in [2.05, 4.69) is 20.8 Å². The smallest absolute Gasteiger partial charge is 0.303 e. The van der Waals surface area contributed by atoms with Crippen molar-refractivity contribution in [2.75, 3.05) is 23.8 Å². The highest BCUT2D eigenvalue weighted by Crippen LogP contribution is 2.28. The average Bonchev–Trinajstić information content (AvgIpc) is 2.75. The summed E-state index contributed by atoms with van der Waals surface area (Å²) in [5.74, 6) is -2.19. The molecule has 1 aliphatic heterocycles. The van der Waals surface area contributed by atoms with E-state index in [1.54, 1.807) is 0 Å². The van der Waals surface area contributed by atoms with Crippen molar-refractivity contribution in [2.24, 2.45) is 12.2 Å². The third kappa shape index (κ3) is 6.73. The van der Waals surface area contributed by atoms with E-state index >= 15 is 0 Å². The Morgan fingerprint density at radius 3 is 2.29 bits per heavy atom. The van der Waals surface area contributed by atoms with E-state index < -0.39 is 53.7 Å². The Hall–Kier alpha value is -3.55. The van der Waals surface area contributed by atoms with Crippen molar-refractivity contribution < 1.29 is 33.3 Å². The predicted octanol–water partition coefficient (Wildman–Crippen LogP) is 0.953. The molecule has 0 radical (unpaired) electrons. The highest BCUT2D eigenvalue weighted by molar-refractivity contribution is 5.69. The van der Waals surface area contributed by atoms with Crippen LogP contribution in [0.15, 0.2) is 9.97 Å². The van der Waals surface area contributed by atoms with Gasteiger partial charge in [0.15, 0.2) is 30.4 Å². The fourth-order valence-electron chi connectivity index (χ4n) is 3.31. The number of hydrogen-bond donors (Lipinski definition) is 2. The highest BCUT2D eigenvalue weighted by Gasteiger charge is 2.47. The van der Waals surface area contributed by atoms with Gasteiger partial charge in [-0.25, -0.2) is 0 Å². The van der Waals surface area contributed by atoms with Gasteiger partial charge in [0, 0.05) is 34.4 Å². The highest BCUT2D eigenvalue weighted by atomic mass is 16.6. The van der Waals surface area contributed by atoms with Gasteiger partial charge in [-0.2, -0.15) is 4.98 Å². The van der Waals surface area contributed by atoms with Crippen LogP contribution < -0.4 is 16.2 Å². The van der Waals surface area contributed by atoms with Crippen molar-refractivity contribution in [2.45, 2.75) is 65.1 Å². The molecule has 4 atom stereocenters. The molecule has 0 aliphatic carbocycles. The number of aromatic nitrogens is 2. The fraction of sp³-hybridized carbons (Fsp3) is 0.650. The lowest BCUT2D eigenvalue weighted by Crippen LogP contribution is -2.59. The Bertz CT molecular complexity index is 980. The number of nitroso groups, excluding NO2 is 1. The molecule has 0 amide bonds. The zero-order valence-corrected chi connectivity index (χ0v) is 19.7. The van der Waals surface area contributed by atoms with E-state index in [1.807, 2.05) is 6.92 Å². The van der Waals surface area contributed by atoms with Gasteiger partial charge >= 0.3 is 17.9 Å². The van der Waals surface area contributed by atoms with Gasteiger partial charge in [0.05, 0.1) is 6.61 Å². The molecule has 0 saturated carbocycles. The van der Waals surface area contributed by atoms with Gasteiger partial charge in [-0.3, -0.25) is 23.7 Å². The predicted molar refractivity (Wildman–Crippen MR) is 118 cm³/mol. The number of carbonyl (C=O) groups excluding carboxylic acids is 3. The first-order valence-corrected chi connectivity index (χ1v) is 10.7. The van der Waals surface area contributed by atoms with Crippen LogP contribution in [0.5, 0.6) is 0 Å². The number of anilines is 2. The molecule has 2 heterocycles. The number of nitrogens with zero attached hydrogens (tertiary/aromatic N) is 3. The summed E-state index contributed by atoms with van der Waals surface area (Å²) < 4.78 is 22.5. The van der Waals surface area contributed by atoms with Crippen molar-refractivity contribution in [1.29, 1.82) is 0 Å². The molecule has 14 nitrogen and oxygen atoms in total. The Labute approximate surface area is 195 Å². The molecule has 0 bridgehead atoms. The minimum atomic E-state index is -1.32. The molecule has 188 valence electrons. The molecule has 1 fully saturated rings. The maximum Gasteiger partial charge on any atom is 0.303 e. The number of ether oxygens (including phenoxy) is 4. The molecule has 1 saturated heterocycles.